The molecular weight excluding hydrogens is 258 g/mol. The van der Waals surface area contributed by atoms with Crippen LogP contribution in [-0.2, 0) is 4.84 Å². The molecule has 0 aliphatic rings. The van der Waals surface area contributed by atoms with Gasteiger partial charge >= 0.3 is 0 Å². The summed E-state index contributed by atoms with van der Waals surface area (Å²) in [5, 5.41) is 0. The van der Waals surface area contributed by atoms with Crippen molar-refractivity contribution < 1.29 is 4.84 Å². The number of unbranched alkanes of at least 4 members (excludes halogenated alkanes) is 13. The zero-order valence-electron chi connectivity index (χ0n) is 14.7. The molecule has 0 fully saturated rings. The Morgan fingerprint density at radius 3 is 1.62 bits per heavy atom. The molecule has 0 saturated heterocycles. The van der Waals surface area contributed by atoms with Gasteiger partial charge in [-0.25, -0.2) is 0 Å². The van der Waals surface area contributed by atoms with Crippen LogP contribution in [0.1, 0.15) is 104 Å². The fourth-order valence-electron chi connectivity index (χ4n) is 2.53. The van der Waals surface area contributed by atoms with Crippen molar-refractivity contribution in [2.75, 3.05) is 6.54 Å². The zero-order valence-corrected chi connectivity index (χ0v) is 14.7. The number of rotatable bonds is 17. The molecule has 0 heterocycles. The molecule has 0 aromatic rings. The first-order chi connectivity index (χ1) is 10.4. The van der Waals surface area contributed by atoms with Crippen molar-refractivity contribution in [3.63, 3.8) is 0 Å². The van der Waals surface area contributed by atoms with E-state index >= 15 is 0 Å². The lowest BCUT2D eigenvalue weighted by Gasteiger charge is -2.02. The zero-order chi connectivity index (χ0) is 15.4. The van der Waals surface area contributed by atoms with E-state index in [2.05, 4.69) is 18.5 Å². The summed E-state index contributed by atoms with van der Waals surface area (Å²) in [4.78, 5) is 5.07. The Hall–Kier alpha value is -0.500. The predicted octanol–water partition coefficient (Wildman–Crippen LogP) is 6.52. The van der Waals surface area contributed by atoms with E-state index in [9.17, 15) is 0 Å². The summed E-state index contributed by atoms with van der Waals surface area (Å²) in [6, 6.07) is 0. The summed E-state index contributed by atoms with van der Waals surface area (Å²) < 4.78 is 0. The van der Waals surface area contributed by atoms with E-state index in [4.69, 9.17) is 4.84 Å². The van der Waals surface area contributed by atoms with Gasteiger partial charge in [0.15, 0.2) is 0 Å². The monoisotopic (exact) mass is 297 g/mol. The Balaban J connectivity index is 2.98. The van der Waals surface area contributed by atoms with Gasteiger partial charge in [0.2, 0.25) is 0 Å². The summed E-state index contributed by atoms with van der Waals surface area (Å²) in [6.07, 6.45) is 23.5. The van der Waals surface area contributed by atoms with Crippen LogP contribution in [0.25, 0.3) is 0 Å². The van der Waals surface area contributed by atoms with Crippen molar-refractivity contribution in [3.8, 4) is 0 Å². The highest BCUT2D eigenvalue weighted by atomic mass is 16.6. The Labute approximate surface area is 133 Å². The van der Waals surface area contributed by atoms with Crippen LogP contribution < -0.4 is 5.48 Å². The fourth-order valence-corrected chi connectivity index (χ4v) is 2.53. The van der Waals surface area contributed by atoms with Gasteiger partial charge in [0, 0.05) is 6.54 Å². The largest absolute Gasteiger partial charge is 0.417 e. The van der Waals surface area contributed by atoms with Gasteiger partial charge in [0.1, 0.15) is 6.26 Å². The number of hydroxylamine groups is 1. The Morgan fingerprint density at radius 1 is 0.667 bits per heavy atom. The smallest absolute Gasteiger partial charge is 0.107 e. The van der Waals surface area contributed by atoms with E-state index in [0.29, 0.717) is 0 Å². The van der Waals surface area contributed by atoms with Gasteiger partial charge < -0.3 is 4.84 Å². The maximum Gasteiger partial charge on any atom is 0.107 e. The van der Waals surface area contributed by atoms with Crippen LogP contribution in [0.2, 0.25) is 0 Å². The molecule has 0 rings (SSSR count). The number of nitrogens with one attached hydrogen (secondary N) is 1. The third-order valence-corrected chi connectivity index (χ3v) is 3.87. The van der Waals surface area contributed by atoms with Crippen molar-refractivity contribution in [2.24, 2.45) is 0 Å². The average molecular weight is 298 g/mol. The molecule has 1 N–H and O–H groups in total. The van der Waals surface area contributed by atoms with E-state index in [-0.39, 0.29) is 0 Å². The molecule has 0 spiro atoms. The Bertz CT molecular complexity index is 204. The second-order valence-electron chi connectivity index (χ2n) is 6.02. The minimum atomic E-state index is 0.850. The van der Waals surface area contributed by atoms with Gasteiger partial charge in [-0.2, -0.15) is 5.48 Å². The predicted molar refractivity (Wildman–Crippen MR) is 94.2 cm³/mol. The maximum absolute atomic E-state index is 5.07. The van der Waals surface area contributed by atoms with Crippen LogP contribution >= 0.6 is 0 Å². The summed E-state index contributed by atoms with van der Waals surface area (Å²) >= 11 is 0. The Morgan fingerprint density at radius 2 is 1.14 bits per heavy atom. The molecule has 0 bridgehead atoms. The second kappa shape index (κ2) is 19.5. The number of hydrogen-bond donors (Lipinski definition) is 1. The normalized spacial score (nSPS) is 11.3. The van der Waals surface area contributed by atoms with E-state index in [1.165, 1.54) is 83.5 Å². The van der Waals surface area contributed by atoms with Gasteiger partial charge in [-0.3, -0.25) is 0 Å². The quantitative estimate of drug-likeness (QED) is 0.187. The van der Waals surface area contributed by atoms with Crippen LogP contribution in [-0.4, -0.2) is 6.54 Å². The molecule has 0 unspecified atom stereocenters. The summed E-state index contributed by atoms with van der Waals surface area (Å²) in [7, 11) is 0. The molecule has 126 valence electrons. The lowest BCUT2D eigenvalue weighted by molar-refractivity contribution is 0.139. The lowest BCUT2D eigenvalue weighted by atomic mass is 10.0. The van der Waals surface area contributed by atoms with Crippen molar-refractivity contribution in [2.45, 2.75) is 104 Å². The first kappa shape index (κ1) is 20.5. The molecule has 0 atom stereocenters. The van der Waals surface area contributed by atoms with Crippen LogP contribution in [0.4, 0.5) is 0 Å². The molecule has 0 saturated carbocycles. The highest BCUT2D eigenvalue weighted by molar-refractivity contribution is 4.72. The molecule has 0 radical (unpaired) electrons. The molecule has 2 nitrogen and oxygen atoms in total. The molecule has 2 heteroatoms. The van der Waals surface area contributed by atoms with Crippen LogP contribution in [0.3, 0.4) is 0 Å². The van der Waals surface area contributed by atoms with Gasteiger partial charge in [0.25, 0.3) is 0 Å². The summed E-state index contributed by atoms with van der Waals surface area (Å²) in [5.41, 5.74) is 2.81. The molecule has 0 aliphatic carbocycles. The Kier molecular flexibility index (Phi) is 19.0. The van der Waals surface area contributed by atoms with Gasteiger partial charge in [-0.1, -0.05) is 84.0 Å². The summed E-state index contributed by atoms with van der Waals surface area (Å²) in [5.74, 6) is 0. The van der Waals surface area contributed by atoms with Gasteiger partial charge in [0.05, 0.1) is 0 Å². The molecule has 0 aromatic carbocycles. The van der Waals surface area contributed by atoms with E-state index in [0.717, 1.165) is 13.0 Å². The van der Waals surface area contributed by atoms with Crippen molar-refractivity contribution >= 4 is 0 Å². The van der Waals surface area contributed by atoms with Gasteiger partial charge in [-0.15, -0.1) is 0 Å². The lowest BCUT2D eigenvalue weighted by Crippen LogP contribution is -2.08. The van der Waals surface area contributed by atoms with Crippen molar-refractivity contribution in [1.82, 2.24) is 5.48 Å². The molecule has 0 aromatic heterocycles. The first-order valence-electron chi connectivity index (χ1n) is 9.45. The third-order valence-electron chi connectivity index (χ3n) is 3.87. The van der Waals surface area contributed by atoms with Crippen molar-refractivity contribution in [3.05, 3.63) is 12.3 Å². The van der Waals surface area contributed by atoms with Crippen molar-refractivity contribution in [1.29, 1.82) is 0 Å². The minimum absolute atomic E-state index is 0.850. The van der Waals surface area contributed by atoms with E-state index in [1.807, 2.05) is 6.92 Å². The molecular formula is C19H39NO. The average Bonchev–Trinajstić information content (AvgIpc) is 2.50. The molecule has 0 amide bonds. The first-order valence-corrected chi connectivity index (χ1v) is 9.45. The van der Waals surface area contributed by atoms with Gasteiger partial charge in [-0.05, 0) is 25.8 Å². The molecule has 21 heavy (non-hydrogen) atoms. The molecule has 0 aliphatic heterocycles. The number of hydrogen-bond acceptors (Lipinski definition) is 2. The third kappa shape index (κ3) is 19.5. The van der Waals surface area contributed by atoms with Crippen LogP contribution in [0.5, 0.6) is 0 Å². The maximum atomic E-state index is 5.07. The second-order valence-corrected chi connectivity index (χ2v) is 6.02. The van der Waals surface area contributed by atoms with Crippen LogP contribution in [0.15, 0.2) is 12.3 Å². The standard InChI is InChI=1S/C19H39NO/c1-3-5-6-7-8-9-10-11-12-13-14-15-16-17-18-19-21-20-4-2/h18-20H,3-17H2,1-2H3. The fraction of sp³-hybridized carbons (Fsp3) is 0.895. The highest BCUT2D eigenvalue weighted by Gasteiger charge is 1.93. The topological polar surface area (TPSA) is 21.3 Å². The van der Waals surface area contributed by atoms with Crippen LogP contribution in [0, 0.1) is 0 Å². The van der Waals surface area contributed by atoms with E-state index in [1.54, 1.807) is 6.26 Å². The van der Waals surface area contributed by atoms with E-state index < -0.39 is 0 Å². The highest BCUT2D eigenvalue weighted by Crippen LogP contribution is 2.12. The minimum Gasteiger partial charge on any atom is -0.417 e. The number of allylic oxidation sites excluding steroid dienone is 1. The SMILES string of the molecule is CCCCCCCCCCCCCCCC=CONCC. The summed E-state index contributed by atoms with van der Waals surface area (Å²) in [6.45, 7) is 5.16.